The number of rotatable bonds is 7. The predicted octanol–water partition coefficient (Wildman–Crippen LogP) is 4.24. The molecule has 2 aromatic heterocycles. The Hall–Kier alpha value is -1.36. The van der Waals surface area contributed by atoms with Crippen LogP contribution in [0.2, 0.25) is 10.3 Å². The Morgan fingerprint density at radius 1 is 0.784 bits per heavy atom. The van der Waals surface area contributed by atoms with E-state index in [1.165, 1.54) is 0 Å². The van der Waals surface area contributed by atoms with Crippen LogP contribution >= 0.6 is 23.2 Å². The van der Waals surface area contributed by atoms with Crippen LogP contribution in [0.1, 0.15) is 48.2 Å². The lowest BCUT2D eigenvalue weighted by atomic mass is 9.85. The maximum Gasteiger partial charge on any atom is 0.129 e. The molecule has 0 radical (unpaired) electrons. The standard InChI is InChI=1S/C14H21ClN2O2.C13H19ClN2O2/c1-17(2)10-12-11(4-5-13(15)16-12)14(18-3)6-8-19-9-7-14;1-16(2)9-11-10(3-4-12(14)15-11)13(17)5-7-18-8-6-13/h4-5H,6-10H2,1-3H3;3-4,17H,5-9H2,1-2H3. The van der Waals surface area contributed by atoms with E-state index in [0.717, 1.165) is 55.1 Å². The maximum atomic E-state index is 10.7. The fraction of sp³-hybridized carbons (Fsp3) is 0.630. The summed E-state index contributed by atoms with van der Waals surface area (Å²) in [6.07, 6.45) is 2.92. The van der Waals surface area contributed by atoms with Crippen molar-refractivity contribution in [2.45, 2.75) is 50.0 Å². The molecule has 1 N–H and O–H groups in total. The molecule has 2 fully saturated rings. The average Bonchev–Trinajstić information content (AvgIpc) is 2.84. The van der Waals surface area contributed by atoms with Crippen LogP contribution < -0.4 is 0 Å². The van der Waals surface area contributed by atoms with Gasteiger partial charge >= 0.3 is 0 Å². The number of hydrogen-bond acceptors (Lipinski definition) is 8. The third-order valence-corrected chi connectivity index (χ3v) is 7.24. The van der Waals surface area contributed by atoms with E-state index in [1.807, 2.05) is 51.3 Å². The number of aromatic nitrogens is 2. The normalized spacial score (nSPS) is 19.0. The lowest BCUT2D eigenvalue weighted by molar-refractivity contribution is -0.0956. The summed E-state index contributed by atoms with van der Waals surface area (Å²) < 4.78 is 16.6. The Bertz CT molecular complexity index is 1010. The predicted molar refractivity (Wildman–Crippen MR) is 146 cm³/mol. The van der Waals surface area contributed by atoms with Crippen molar-refractivity contribution in [3.63, 3.8) is 0 Å². The summed E-state index contributed by atoms with van der Waals surface area (Å²) in [5.41, 5.74) is 2.72. The van der Waals surface area contributed by atoms with Crippen molar-refractivity contribution < 1.29 is 19.3 Å². The lowest BCUT2D eigenvalue weighted by Gasteiger charge is -2.37. The summed E-state index contributed by atoms with van der Waals surface area (Å²) in [4.78, 5) is 12.9. The highest BCUT2D eigenvalue weighted by molar-refractivity contribution is 6.29. The zero-order valence-electron chi connectivity index (χ0n) is 22.6. The minimum absolute atomic E-state index is 0.290. The van der Waals surface area contributed by atoms with Gasteiger partial charge in [0.2, 0.25) is 0 Å². The van der Waals surface area contributed by atoms with Gasteiger partial charge in [-0.15, -0.1) is 0 Å². The molecular weight excluding hydrogens is 515 g/mol. The maximum absolute atomic E-state index is 10.7. The highest BCUT2D eigenvalue weighted by atomic mass is 35.5. The van der Waals surface area contributed by atoms with Gasteiger partial charge in [-0.3, -0.25) is 0 Å². The molecule has 8 nitrogen and oxygen atoms in total. The Kier molecular flexibility index (Phi) is 11.1. The van der Waals surface area contributed by atoms with Crippen LogP contribution in [0.5, 0.6) is 0 Å². The van der Waals surface area contributed by atoms with Crippen LogP contribution in [0.3, 0.4) is 0 Å². The van der Waals surface area contributed by atoms with Gasteiger partial charge in [0.1, 0.15) is 10.3 Å². The molecule has 0 aromatic carbocycles. The molecule has 206 valence electrons. The Morgan fingerprint density at radius 3 is 1.68 bits per heavy atom. The second-order valence-electron chi connectivity index (χ2n) is 10.2. The van der Waals surface area contributed by atoms with E-state index >= 15 is 0 Å². The minimum Gasteiger partial charge on any atom is -0.385 e. The van der Waals surface area contributed by atoms with E-state index in [9.17, 15) is 5.11 Å². The van der Waals surface area contributed by atoms with Gasteiger partial charge in [-0.2, -0.15) is 0 Å². The van der Waals surface area contributed by atoms with Gasteiger partial charge in [-0.1, -0.05) is 35.3 Å². The third-order valence-electron chi connectivity index (χ3n) is 6.82. The van der Waals surface area contributed by atoms with Crippen LogP contribution in [0.4, 0.5) is 0 Å². The number of pyridine rings is 2. The summed E-state index contributed by atoms with van der Waals surface area (Å²) in [5.74, 6) is 0. The first-order valence-electron chi connectivity index (χ1n) is 12.6. The molecule has 4 rings (SSSR count). The van der Waals surface area contributed by atoms with Crippen molar-refractivity contribution in [3.05, 3.63) is 57.1 Å². The van der Waals surface area contributed by atoms with Crippen LogP contribution in [-0.4, -0.2) is 86.6 Å². The highest BCUT2D eigenvalue weighted by Gasteiger charge is 2.37. The van der Waals surface area contributed by atoms with Crippen molar-refractivity contribution >= 4 is 23.2 Å². The van der Waals surface area contributed by atoms with Crippen molar-refractivity contribution in [2.75, 3.05) is 61.7 Å². The Labute approximate surface area is 230 Å². The number of nitrogens with zero attached hydrogens (tertiary/aromatic N) is 4. The number of hydrogen-bond donors (Lipinski definition) is 1. The lowest BCUT2D eigenvalue weighted by Crippen LogP contribution is -2.37. The summed E-state index contributed by atoms with van der Waals surface area (Å²) in [7, 11) is 9.76. The van der Waals surface area contributed by atoms with Crippen LogP contribution in [0.15, 0.2) is 24.3 Å². The van der Waals surface area contributed by atoms with E-state index in [1.54, 1.807) is 13.2 Å². The molecule has 37 heavy (non-hydrogen) atoms. The van der Waals surface area contributed by atoms with E-state index in [2.05, 4.69) is 14.9 Å². The quantitative estimate of drug-likeness (QED) is 0.509. The third kappa shape index (κ3) is 8.07. The van der Waals surface area contributed by atoms with Gasteiger partial charge in [0.25, 0.3) is 0 Å². The zero-order valence-corrected chi connectivity index (χ0v) is 24.1. The molecule has 0 aliphatic carbocycles. The van der Waals surface area contributed by atoms with Crippen molar-refractivity contribution in [3.8, 4) is 0 Å². The van der Waals surface area contributed by atoms with Gasteiger partial charge in [0.05, 0.1) is 22.6 Å². The monoisotopic (exact) mass is 554 g/mol. The molecule has 4 heterocycles. The Morgan fingerprint density at radius 2 is 1.22 bits per heavy atom. The molecule has 2 aromatic rings. The van der Waals surface area contributed by atoms with Gasteiger partial charge in [-0.25, -0.2) is 9.97 Å². The second-order valence-corrected chi connectivity index (χ2v) is 11.0. The minimum atomic E-state index is -0.832. The highest BCUT2D eigenvalue weighted by Crippen LogP contribution is 2.38. The van der Waals surface area contributed by atoms with Crippen molar-refractivity contribution in [2.24, 2.45) is 0 Å². The molecule has 2 saturated heterocycles. The molecule has 10 heteroatoms. The molecule has 0 unspecified atom stereocenters. The van der Waals surface area contributed by atoms with Crippen LogP contribution in [0, 0.1) is 0 Å². The number of aliphatic hydroxyl groups is 1. The summed E-state index contributed by atoms with van der Waals surface area (Å²) in [5, 5.41) is 11.7. The number of ether oxygens (including phenoxy) is 3. The Balaban J connectivity index is 0.000000206. The van der Waals surface area contributed by atoms with Gasteiger partial charge in [0, 0.05) is 83.4 Å². The van der Waals surface area contributed by atoms with E-state index < -0.39 is 5.60 Å². The molecule has 2 aliphatic rings. The molecule has 0 amide bonds. The van der Waals surface area contributed by atoms with Gasteiger partial charge in [-0.05, 0) is 40.3 Å². The van der Waals surface area contributed by atoms with Gasteiger partial charge in [0.15, 0.2) is 0 Å². The van der Waals surface area contributed by atoms with Crippen molar-refractivity contribution in [1.29, 1.82) is 0 Å². The zero-order chi connectivity index (χ0) is 27.1. The number of halogens is 2. The largest absolute Gasteiger partial charge is 0.385 e. The topological polar surface area (TPSA) is 80.2 Å². The fourth-order valence-corrected chi connectivity index (χ4v) is 5.22. The average molecular weight is 556 g/mol. The van der Waals surface area contributed by atoms with Crippen LogP contribution in [-0.2, 0) is 38.5 Å². The molecular formula is C27H40Cl2N4O4. The molecule has 0 bridgehead atoms. The van der Waals surface area contributed by atoms with E-state index in [4.69, 9.17) is 37.4 Å². The van der Waals surface area contributed by atoms with Gasteiger partial charge < -0.3 is 29.1 Å². The summed E-state index contributed by atoms with van der Waals surface area (Å²) >= 11 is 12.0. The fourth-order valence-electron chi connectivity index (χ4n) is 4.89. The molecule has 0 saturated carbocycles. The van der Waals surface area contributed by atoms with Crippen LogP contribution in [0.25, 0.3) is 0 Å². The SMILES string of the molecule is CN(C)Cc1nc(Cl)ccc1C1(O)CCOCC1.COC1(c2ccc(Cl)nc2CN(C)C)CCOCC1. The van der Waals surface area contributed by atoms with Crippen molar-refractivity contribution in [1.82, 2.24) is 19.8 Å². The first-order chi connectivity index (χ1) is 17.6. The number of methoxy groups -OCH3 is 1. The summed E-state index contributed by atoms with van der Waals surface area (Å²) in [6.45, 7) is 4.03. The molecule has 2 aliphatic heterocycles. The van der Waals surface area contributed by atoms with E-state index in [-0.39, 0.29) is 5.60 Å². The first kappa shape index (κ1) is 30.2. The molecule has 0 atom stereocenters. The summed E-state index contributed by atoms with van der Waals surface area (Å²) in [6, 6.07) is 7.51. The molecule has 0 spiro atoms. The smallest absolute Gasteiger partial charge is 0.129 e. The van der Waals surface area contributed by atoms with E-state index in [0.29, 0.717) is 42.9 Å². The second kappa shape index (κ2) is 13.6. The first-order valence-corrected chi connectivity index (χ1v) is 13.4.